The van der Waals surface area contributed by atoms with Crippen LogP contribution in [0.2, 0.25) is 0 Å². The van der Waals surface area contributed by atoms with E-state index in [4.69, 9.17) is 4.74 Å². The summed E-state index contributed by atoms with van der Waals surface area (Å²) in [6.07, 6.45) is 4.08. The Kier molecular flexibility index (Phi) is 5.27. The predicted octanol–water partition coefficient (Wildman–Crippen LogP) is 3.97. The van der Waals surface area contributed by atoms with Crippen molar-refractivity contribution in [2.75, 3.05) is 6.61 Å². The molecular weight excluding hydrogens is 262 g/mol. The quantitative estimate of drug-likeness (QED) is 0.594. The van der Waals surface area contributed by atoms with E-state index in [1.807, 2.05) is 49.4 Å². The summed E-state index contributed by atoms with van der Waals surface area (Å²) in [5.41, 5.74) is 2.88. The molecule has 0 radical (unpaired) electrons. The maximum absolute atomic E-state index is 12.0. The minimum absolute atomic E-state index is 0.206. The fourth-order valence-corrected chi connectivity index (χ4v) is 2.20. The minimum Gasteiger partial charge on any atom is -0.466 e. The lowest BCUT2D eigenvalue weighted by atomic mass is 9.94. The van der Waals surface area contributed by atoms with E-state index >= 15 is 0 Å². The van der Waals surface area contributed by atoms with Crippen molar-refractivity contribution >= 4 is 5.97 Å². The highest BCUT2D eigenvalue weighted by Gasteiger charge is 2.20. The van der Waals surface area contributed by atoms with Gasteiger partial charge in [0.05, 0.1) is 18.2 Å². The average Bonchev–Trinajstić information content (AvgIpc) is 2.54. The first-order valence-electron chi connectivity index (χ1n) is 7.05. The van der Waals surface area contributed by atoms with Crippen molar-refractivity contribution in [2.45, 2.75) is 19.3 Å². The van der Waals surface area contributed by atoms with Crippen molar-refractivity contribution in [3.63, 3.8) is 0 Å². The molecule has 0 N–H and O–H groups in total. The number of carbonyl (C=O) groups is 1. The summed E-state index contributed by atoms with van der Waals surface area (Å²) >= 11 is 0. The van der Waals surface area contributed by atoms with Crippen LogP contribution in [0.25, 0.3) is 11.3 Å². The second-order valence-corrected chi connectivity index (χ2v) is 4.67. The molecule has 0 aliphatic carbocycles. The Balaban J connectivity index is 2.23. The number of carbonyl (C=O) groups excluding carboxylic acids is 1. The lowest BCUT2D eigenvalue weighted by molar-refractivity contribution is -0.144. The summed E-state index contributed by atoms with van der Waals surface area (Å²) in [5, 5.41) is 0. The highest BCUT2D eigenvalue weighted by atomic mass is 16.5. The standard InChI is InChI=1S/C18H19NO2/c1-3-7-16(18(20)21-4-2)14-9-11-15(12-10-14)17-8-5-6-13-19-17/h3,5-6,8-13,16H,1,4,7H2,2H3. The van der Waals surface area contributed by atoms with Gasteiger partial charge in [0, 0.05) is 11.8 Å². The third kappa shape index (κ3) is 3.78. The van der Waals surface area contributed by atoms with Gasteiger partial charge in [-0.3, -0.25) is 9.78 Å². The number of allylic oxidation sites excluding steroid dienone is 1. The summed E-state index contributed by atoms with van der Waals surface area (Å²) < 4.78 is 5.13. The third-order valence-electron chi connectivity index (χ3n) is 3.25. The highest BCUT2D eigenvalue weighted by Crippen LogP contribution is 2.25. The molecule has 1 heterocycles. The van der Waals surface area contributed by atoms with Gasteiger partial charge in [-0.05, 0) is 31.0 Å². The Morgan fingerprint density at radius 2 is 2.05 bits per heavy atom. The normalized spacial score (nSPS) is 11.7. The van der Waals surface area contributed by atoms with E-state index in [0.717, 1.165) is 16.8 Å². The Bertz CT molecular complexity index is 590. The number of pyridine rings is 1. The second-order valence-electron chi connectivity index (χ2n) is 4.67. The number of ether oxygens (including phenoxy) is 1. The molecule has 0 amide bonds. The molecule has 0 bridgehead atoms. The van der Waals surface area contributed by atoms with Crippen molar-refractivity contribution in [2.24, 2.45) is 0 Å². The third-order valence-corrected chi connectivity index (χ3v) is 3.25. The number of rotatable bonds is 6. The van der Waals surface area contributed by atoms with Crippen LogP contribution in [0.3, 0.4) is 0 Å². The van der Waals surface area contributed by atoms with Crippen LogP contribution in [-0.2, 0) is 9.53 Å². The van der Waals surface area contributed by atoms with Crippen molar-refractivity contribution in [1.29, 1.82) is 0 Å². The number of esters is 1. The molecule has 3 heteroatoms. The Hall–Kier alpha value is -2.42. The summed E-state index contributed by atoms with van der Waals surface area (Å²) in [4.78, 5) is 16.3. The smallest absolute Gasteiger partial charge is 0.313 e. The van der Waals surface area contributed by atoms with Gasteiger partial charge >= 0.3 is 5.97 Å². The second kappa shape index (κ2) is 7.39. The fourth-order valence-electron chi connectivity index (χ4n) is 2.20. The maximum atomic E-state index is 12.0. The van der Waals surface area contributed by atoms with E-state index < -0.39 is 0 Å². The average molecular weight is 281 g/mol. The number of hydrogen-bond donors (Lipinski definition) is 0. The van der Waals surface area contributed by atoms with E-state index in [-0.39, 0.29) is 11.9 Å². The summed E-state index contributed by atoms with van der Waals surface area (Å²) in [6, 6.07) is 13.7. The van der Waals surface area contributed by atoms with E-state index in [0.29, 0.717) is 13.0 Å². The van der Waals surface area contributed by atoms with Gasteiger partial charge in [-0.15, -0.1) is 6.58 Å². The lowest BCUT2D eigenvalue weighted by Crippen LogP contribution is -2.15. The molecule has 2 aromatic rings. The molecule has 1 atom stereocenters. The van der Waals surface area contributed by atoms with Crippen LogP contribution >= 0.6 is 0 Å². The fraction of sp³-hybridized carbons (Fsp3) is 0.222. The maximum Gasteiger partial charge on any atom is 0.313 e. The zero-order chi connectivity index (χ0) is 15.1. The molecule has 0 spiro atoms. The molecule has 2 rings (SSSR count). The van der Waals surface area contributed by atoms with Gasteiger partial charge in [-0.25, -0.2) is 0 Å². The SMILES string of the molecule is C=CCC(C(=O)OCC)c1ccc(-c2ccccn2)cc1. The Morgan fingerprint density at radius 3 is 2.62 bits per heavy atom. The zero-order valence-corrected chi connectivity index (χ0v) is 12.2. The van der Waals surface area contributed by atoms with Crippen molar-refractivity contribution < 1.29 is 9.53 Å². The predicted molar refractivity (Wildman–Crippen MR) is 83.9 cm³/mol. The van der Waals surface area contributed by atoms with E-state index in [1.165, 1.54) is 0 Å². The van der Waals surface area contributed by atoms with Crippen molar-refractivity contribution in [3.05, 3.63) is 66.9 Å². The molecule has 0 fully saturated rings. The number of nitrogens with zero attached hydrogens (tertiary/aromatic N) is 1. The van der Waals surface area contributed by atoms with Crippen LogP contribution in [0.15, 0.2) is 61.3 Å². The van der Waals surface area contributed by atoms with E-state index in [2.05, 4.69) is 11.6 Å². The van der Waals surface area contributed by atoms with E-state index in [9.17, 15) is 4.79 Å². The summed E-state index contributed by atoms with van der Waals surface area (Å²) in [5.74, 6) is -0.497. The number of aromatic nitrogens is 1. The molecule has 1 unspecified atom stereocenters. The van der Waals surface area contributed by atoms with Crippen LogP contribution in [0.5, 0.6) is 0 Å². The molecule has 3 nitrogen and oxygen atoms in total. The van der Waals surface area contributed by atoms with Gasteiger partial charge in [0.15, 0.2) is 0 Å². The Morgan fingerprint density at radius 1 is 1.29 bits per heavy atom. The van der Waals surface area contributed by atoms with Crippen LogP contribution in [0.4, 0.5) is 0 Å². The van der Waals surface area contributed by atoms with Crippen LogP contribution in [0, 0.1) is 0 Å². The van der Waals surface area contributed by atoms with Crippen molar-refractivity contribution in [1.82, 2.24) is 4.98 Å². The molecule has 0 aliphatic heterocycles. The van der Waals surface area contributed by atoms with Gasteiger partial charge in [0.25, 0.3) is 0 Å². The van der Waals surface area contributed by atoms with Gasteiger partial charge < -0.3 is 4.74 Å². The van der Waals surface area contributed by atoms with Crippen LogP contribution < -0.4 is 0 Å². The largest absolute Gasteiger partial charge is 0.466 e. The van der Waals surface area contributed by atoms with Gasteiger partial charge in [-0.1, -0.05) is 36.4 Å². The minimum atomic E-state index is -0.291. The molecule has 0 aliphatic rings. The molecule has 21 heavy (non-hydrogen) atoms. The topological polar surface area (TPSA) is 39.2 Å². The molecule has 108 valence electrons. The summed E-state index contributed by atoms with van der Waals surface area (Å²) in [7, 11) is 0. The molecule has 0 saturated heterocycles. The molecule has 1 aromatic carbocycles. The highest BCUT2D eigenvalue weighted by molar-refractivity contribution is 5.78. The first-order valence-corrected chi connectivity index (χ1v) is 7.05. The van der Waals surface area contributed by atoms with Gasteiger partial charge in [0.1, 0.15) is 0 Å². The first-order chi connectivity index (χ1) is 10.3. The van der Waals surface area contributed by atoms with Crippen molar-refractivity contribution in [3.8, 4) is 11.3 Å². The lowest BCUT2D eigenvalue weighted by Gasteiger charge is -2.14. The van der Waals surface area contributed by atoms with Crippen LogP contribution in [0.1, 0.15) is 24.8 Å². The van der Waals surface area contributed by atoms with Crippen LogP contribution in [-0.4, -0.2) is 17.6 Å². The van der Waals surface area contributed by atoms with E-state index in [1.54, 1.807) is 12.3 Å². The van der Waals surface area contributed by atoms with Gasteiger partial charge in [-0.2, -0.15) is 0 Å². The molecule has 0 saturated carbocycles. The monoisotopic (exact) mass is 281 g/mol. The first kappa shape index (κ1) is 15.0. The number of hydrogen-bond acceptors (Lipinski definition) is 3. The van der Waals surface area contributed by atoms with Gasteiger partial charge in [0.2, 0.25) is 0 Å². The Labute approximate surface area is 125 Å². The zero-order valence-electron chi connectivity index (χ0n) is 12.2. The molecular formula is C18H19NO2. The molecule has 1 aromatic heterocycles. The summed E-state index contributed by atoms with van der Waals surface area (Å²) in [6.45, 7) is 5.92. The number of benzene rings is 1.